The lowest BCUT2D eigenvalue weighted by molar-refractivity contribution is -0.159. The molecule has 172 valence electrons. The third-order valence-electron chi connectivity index (χ3n) is 5.05. The van der Waals surface area contributed by atoms with Gasteiger partial charge in [0.15, 0.2) is 0 Å². The second-order valence-corrected chi connectivity index (χ2v) is 7.35. The highest BCUT2D eigenvalue weighted by atomic mass is 16.5. The summed E-state index contributed by atoms with van der Waals surface area (Å²) in [6.45, 7) is 7.83. The third kappa shape index (κ3) is 9.33. The Hall–Kier alpha value is -2.69. The van der Waals surface area contributed by atoms with E-state index in [0.29, 0.717) is 6.54 Å². The van der Waals surface area contributed by atoms with E-state index in [0.717, 1.165) is 50.8 Å². The number of morpholine rings is 1. The van der Waals surface area contributed by atoms with Crippen LogP contribution in [0.4, 0.5) is 11.4 Å². The van der Waals surface area contributed by atoms with Crippen molar-refractivity contribution < 1.29 is 29.3 Å². The highest BCUT2D eigenvalue weighted by molar-refractivity contribution is 6.27. The van der Waals surface area contributed by atoms with Gasteiger partial charge in [0.05, 0.1) is 31.1 Å². The lowest BCUT2D eigenvalue weighted by Gasteiger charge is -2.30. The summed E-state index contributed by atoms with van der Waals surface area (Å²) in [4.78, 5) is 35.2. The van der Waals surface area contributed by atoms with E-state index in [-0.39, 0.29) is 5.91 Å². The molecule has 0 saturated carbocycles. The molecule has 0 radical (unpaired) electrons. The molecule has 1 amide bonds. The number of anilines is 2. The molecule has 0 unspecified atom stereocenters. The number of ether oxygens (including phenoxy) is 1. The van der Waals surface area contributed by atoms with E-state index in [1.807, 2.05) is 18.2 Å². The maximum Gasteiger partial charge on any atom is 0.414 e. The Bertz CT molecular complexity index is 706. The molecule has 0 spiro atoms. The lowest BCUT2D eigenvalue weighted by Crippen LogP contribution is -2.38. The van der Waals surface area contributed by atoms with E-state index >= 15 is 0 Å². The molecule has 31 heavy (non-hydrogen) atoms. The maximum absolute atomic E-state index is 12.3. The number of hydrogen-bond donors (Lipinski definition) is 4. The zero-order valence-electron chi connectivity index (χ0n) is 17.7. The standard InChI is InChI=1S/C19H30N4O2.C2H2O4/c24-19(16-20-8-11-22-9-4-1-5-10-22)21-17-6-2-3-7-18(17)23-12-14-25-15-13-23;3-1(4)2(5)6/h2-3,6-7,20H,1,4-5,8-16H2,(H,21,24);(H,3,4)(H,5,6). The van der Waals surface area contributed by atoms with Crippen molar-refractivity contribution in [2.75, 3.05) is 69.2 Å². The minimum atomic E-state index is -1.82. The van der Waals surface area contributed by atoms with Gasteiger partial charge in [-0.05, 0) is 38.1 Å². The monoisotopic (exact) mass is 436 g/mol. The summed E-state index contributed by atoms with van der Waals surface area (Å²) in [5, 5.41) is 21.1. The number of aliphatic carboxylic acids is 2. The quantitative estimate of drug-likeness (QED) is 0.360. The second kappa shape index (κ2) is 13.6. The van der Waals surface area contributed by atoms with Gasteiger partial charge in [-0.1, -0.05) is 18.6 Å². The van der Waals surface area contributed by atoms with Crippen molar-refractivity contribution in [3.8, 4) is 0 Å². The molecule has 1 aromatic rings. The number of amides is 1. The molecule has 2 aliphatic rings. The van der Waals surface area contributed by atoms with Crippen LogP contribution in [0.3, 0.4) is 0 Å². The van der Waals surface area contributed by atoms with Crippen molar-refractivity contribution in [1.29, 1.82) is 0 Å². The minimum Gasteiger partial charge on any atom is -0.473 e. The number of likely N-dealkylation sites (tertiary alicyclic amines) is 1. The van der Waals surface area contributed by atoms with Crippen molar-refractivity contribution in [3.05, 3.63) is 24.3 Å². The maximum atomic E-state index is 12.3. The topological polar surface area (TPSA) is 131 Å². The van der Waals surface area contributed by atoms with Gasteiger partial charge in [0, 0.05) is 26.2 Å². The zero-order valence-corrected chi connectivity index (χ0v) is 17.7. The number of carbonyl (C=O) groups excluding carboxylic acids is 1. The van der Waals surface area contributed by atoms with Crippen molar-refractivity contribution in [1.82, 2.24) is 10.2 Å². The molecule has 0 atom stereocenters. The Kier molecular flexibility index (Phi) is 10.8. The first-order chi connectivity index (χ1) is 15.0. The third-order valence-corrected chi connectivity index (χ3v) is 5.05. The molecule has 2 heterocycles. The first-order valence-electron chi connectivity index (χ1n) is 10.6. The molecule has 2 fully saturated rings. The molecule has 2 saturated heterocycles. The molecule has 2 aliphatic heterocycles. The smallest absolute Gasteiger partial charge is 0.414 e. The van der Waals surface area contributed by atoms with Crippen LogP contribution >= 0.6 is 0 Å². The molecule has 1 aromatic carbocycles. The number of carbonyl (C=O) groups is 3. The number of hydrogen-bond acceptors (Lipinski definition) is 7. The normalized spacial score (nSPS) is 16.7. The number of nitrogens with zero attached hydrogens (tertiary/aromatic N) is 2. The Morgan fingerprint density at radius 2 is 1.58 bits per heavy atom. The SMILES string of the molecule is O=C(CNCCN1CCCCC1)Nc1ccccc1N1CCOCC1.O=C(O)C(=O)O. The minimum absolute atomic E-state index is 0.0133. The Morgan fingerprint density at radius 1 is 0.935 bits per heavy atom. The van der Waals surface area contributed by atoms with E-state index < -0.39 is 11.9 Å². The summed E-state index contributed by atoms with van der Waals surface area (Å²) in [6.07, 6.45) is 3.96. The van der Waals surface area contributed by atoms with Crippen LogP contribution in [-0.2, 0) is 19.1 Å². The molecule has 0 aromatic heterocycles. The molecule has 0 bridgehead atoms. The Balaban J connectivity index is 0.000000501. The van der Waals surface area contributed by atoms with Gasteiger partial charge in [0.2, 0.25) is 5.91 Å². The number of benzene rings is 1. The number of para-hydroxylation sites is 2. The first-order valence-corrected chi connectivity index (χ1v) is 10.6. The lowest BCUT2D eigenvalue weighted by atomic mass is 10.1. The summed E-state index contributed by atoms with van der Waals surface area (Å²) in [6, 6.07) is 8.00. The highest BCUT2D eigenvalue weighted by Crippen LogP contribution is 2.26. The van der Waals surface area contributed by atoms with Crippen LogP contribution in [0, 0.1) is 0 Å². The number of rotatable bonds is 7. The van der Waals surface area contributed by atoms with Crippen LogP contribution < -0.4 is 15.5 Å². The van der Waals surface area contributed by atoms with Crippen LogP contribution in [0.5, 0.6) is 0 Å². The van der Waals surface area contributed by atoms with Gasteiger partial charge in [-0.2, -0.15) is 0 Å². The van der Waals surface area contributed by atoms with E-state index in [1.165, 1.54) is 32.4 Å². The van der Waals surface area contributed by atoms with E-state index in [4.69, 9.17) is 24.5 Å². The summed E-state index contributed by atoms with van der Waals surface area (Å²) in [5.41, 5.74) is 1.96. The summed E-state index contributed by atoms with van der Waals surface area (Å²) < 4.78 is 5.41. The van der Waals surface area contributed by atoms with Gasteiger partial charge >= 0.3 is 11.9 Å². The average molecular weight is 437 g/mol. The summed E-state index contributed by atoms with van der Waals surface area (Å²) >= 11 is 0. The fourth-order valence-electron chi connectivity index (χ4n) is 3.48. The molecular formula is C21H32N4O6. The zero-order chi connectivity index (χ0) is 22.5. The molecule has 10 heteroatoms. The van der Waals surface area contributed by atoms with Crippen LogP contribution in [0.1, 0.15) is 19.3 Å². The van der Waals surface area contributed by atoms with Gasteiger partial charge in [0.1, 0.15) is 0 Å². The first kappa shape index (κ1) is 24.6. The van der Waals surface area contributed by atoms with E-state index in [1.54, 1.807) is 0 Å². The predicted molar refractivity (Wildman–Crippen MR) is 117 cm³/mol. The molecule has 4 N–H and O–H groups in total. The summed E-state index contributed by atoms with van der Waals surface area (Å²) in [7, 11) is 0. The van der Waals surface area contributed by atoms with Crippen molar-refractivity contribution in [2.45, 2.75) is 19.3 Å². The van der Waals surface area contributed by atoms with Crippen LogP contribution in [-0.4, -0.2) is 92.0 Å². The van der Waals surface area contributed by atoms with E-state index in [2.05, 4.69) is 26.5 Å². The van der Waals surface area contributed by atoms with Crippen molar-refractivity contribution >= 4 is 29.2 Å². The summed E-state index contributed by atoms with van der Waals surface area (Å²) in [5.74, 6) is -3.63. The Labute approximate surface area is 182 Å². The number of carboxylic acid groups (broad SMARTS) is 2. The number of nitrogens with one attached hydrogen (secondary N) is 2. The molecular weight excluding hydrogens is 404 g/mol. The second-order valence-electron chi connectivity index (χ2n) is 7.35. The van der Waals surface area contributed by atoms with E-state index in [9.17, 15) is 4.79 Å². The molecule has 0 aliphatic carbocycles. The van der Waals surface area contributed by atoms with Crippen molar-refractivity contribution in [3.63, 3.8) is 0 Å². The molecule has 10 nitrogen and oxygen atoms in total. The van der Waals surface area contributed by atoms with Crippen LogP contribution in [0.2, 0.25) is 0 Å². The van der Waals surface area contributed by atoms with Gasteiger partial charge in [-0.15, -0.1) is 0 Å². The Morgan fingerprint density at radius 3 is 2.23 bits per heavy atom. The van der Waals surface area contributed by atoms with Crippen molar-refractivity contribution in [2.24, 2.45) is 0 Å². The van der Waals surface area contributed by atoms with Gasteiger partial charge < -0.3 is 35.4 Å². The van der Waals surface area contributed by atoms with Crippen LogP contribution in [0.15, 0.2) is 24.3 Å². The average Bonchev–Trinajstić information content (AvgIpc) is 2.79. The largest absolute Gasteiger partial charge is 0.473 e. The highest BCUT2D eigenvalue weighted by Gasteiger charge is 2.15. The predicted octanol–water partition coefficient (Wildman–Crippen LogP) is 0.693. The van der Waals surface area contributed by atoms with Crippen LogP contribution in [0.25, 0.3) is 0 Å². The number of carboxylic acids is 2. The fraction of sp³-hybridized carbons (Fsp3) is 0.571. The van der Waals surface area contributed by atoms with Gasteiger partial charge in [-0.3, -0.25) is 4.79 Å². The fourth-order valence-corrected chi connectivity index (χ4v) is 3.48. The number of piperidine rings is 1. The van der Waals surface area contributed by atoms with Gasteiger partial charge in [-0.25, -0.2) is 9.59 Å². The molecule has 3 rings (SSSR count). The van der Waals surface area contributed by atoms with Gasteiger partial charge in [0.25, 0.3) is 0 Å².